The van der Waals surface area contributed by atoms with E-state index in [0.717, 1.165) is 25.8 Å². The molecule has 0 aliphatic carbocycles. The number of rotatable bonds is 4. The summed E-state index contributed by atoms with van der Waals surface area (Å²) in [6, 6.07) is 9.96. The first-order valence-electron chi connectivity index (χ1n) is 5.50. The molecule has 2 rings (SSSR count). The first-order valence-corrected chi connectivity index (χ1v) is 7.11. The molecule has 1 aromatic carbocycles. The molecule has 2 aromatic rings. The van der Waals surface area contributed by atoms with Gasteiger partial charge in [0.2, 0.25) is 0 Å². The number of hydrogen-bond donors (Lipinski definition) is 0. The molecule has 0 amide bonds. The summed E-state index contributed by atoms with van der Waals surface area (Å²) in [6.45, 7) is 2.60. The van der Waals surface area contributed by atoms with Gasteiger partial charge in [0.25, 0.3) is 0 Å². The van der Waals surface area contributed by atoms with Gasteiger partial charge in [0.05, 0.1) is 24.0 Å². The lowest BCUT2D eigenvalue weighted by Gasteiger charge is -2.03. The molecule has 1 aromatic heterocycles. The van der Waals surface area contributed by atoms with E-state index >= 15 is 0 Å². The summed E-state index contributed by atoms with van der Waals surface area (Å²) < 4.78 is 6.22. The summed E-state index contributed by atoms with van der Waals surface area (Å²) in [4.78, 5) is 5.38. The van der Waals surface area contributed by atoms with E-state index in [-0.39, 0.29) is 0 Å². The fraction of sp³-hybridized carbons (Fsp3) is 0.231. The maximum Gasteiger partial charge on any atom is 0.125 e. The molecule has 3 nitrogen and oxygen atoms in total. The van der Waals surface area contributed by atoms with Crippen LogP contribution in [0.1, 0.15) is 11.8 Å². The van der Waals surface area contributed by atoms with Crippen LogP contribution in [0.5, 0.6) is 5.75 Å². The predicted octanol–water partition coefficient (Wildman–Crippen LogP) is 4.04. The molecule has 0 radical (unpaired) electrons. The summed E-state index contributed by atoms with van der Waals surface area (Å²) in [7, 11) is 0. The molecule has 18 heavy (non-hydrogen) atoms. The molecule has 0 saturated heterocycles. The zero-order valence-corrected chi connectivity index (χ0v) is 12.2. The summed E-state index contributed by atoms with van der Waals surface area (Å²) in [5, 5.41) is 9.62. The first kappa shape index (κ1) is 13.1. The minimum Gasteiger partial charge on any atom is -0.494 e. The van der Waals surface area contributed by atoms with E-state index in [1.807, 2.05) is 31.2 Å². The third-order valence-electron chi connectivity index (χ3n) is 2.28. The second-order valence-electron chi connectivity index (χ2n) is 3.53. The Balaban J connectivity index is 2.33. The van der Waals surface area contributed by atoms with Crippen LogP contribution in [0.3, 0.4) is 0 Å². The van der Waals surface area contributed by atoms with Gasteiger partial charge in [0.15, 0.2) is 0 Å². The Labute approximate surface area is 118 Å². The van der Waals surface area contributed by atoms with Gasteiger partial charge in [0, 0.05) is 5.56 Å². The van der Waals surface area contributed by atoms with E-state index in [1.54, 1.807) is 0 Å². The molecule has 0 atom stereocenters. The van der Waals surface area contributed by atoms with Crippen LogP contribution in [0.15, 0.2) is 28.9 Å². The molecule has 92 valence electrons. The summed E-state index contributed by atoms with van der Waals surface area (Å²) >= 11 is 4.91. The second kappa shape index (κ2) is 5.98. The number of benzene rings is 1. The van der Waals surface area contributed by atoms with Gasteiger partial charge in [-0.2, -0.15) is 5.26 Å². The quantitative estimate of drug-likeness (QED) is 0.853. The SMILES string of the molecule is CCOc1cccc(-c2nc(Br)c(CC#N)s2)c1. The standard InChI is InChI=1S/C13H11BrN2OS/c1-2-17-10-5-3-4-9(8-10)13-16-12(14)11(18-13)6-7-15/h3-5,8H,2,6H2,1H3. The lowest BCUT2D eigenvalue weighted by molar-refractivity contribution is 0.340. The number of hydrogen-bond acceptors (Lipinski definition) is 4. The minimum absolute atomic E-state index is 0.378. The van der Waals surface area contributed by atoms with Gasteiger partial charge in [-0.25, -0.2) is 4.98 Å². The van der Waals surface area contributed by atoms with Crippen LogP contribution in [0.4, 0.5) is 0 Å². The Kier molecular flexibility index (Phi) is 4.34. The Hall–Kier alpha value is -1.38. The van der Waals surface area contributed by atoms with Crippen molar-refractivity contribution < 1.29 is 4.74 Å². The van der Waals surface area contributed by atoms with Crippen molar-refractivity contribution in [1.82, 2.24) is 4.98 Å². The molecule has 0 aliphatic rings. The number of nitriles is 1. The van der Waals surface area contributed by atoms with Gasteiger partial charge in [-0.05, 0) is 35.0 Å². The van der Waals surface area contributed by atoms with Crippen LogP contribution in [0.25, 0.3) is 10.6 Å². The van der Waals surface area contributed by atoms with Crippen LogP contribution in [-0.4, -0.2) is 11.6 Å². The van der Waals surface area contributed by atoms with E-state index in [9.17, 15) is 0 Å². The average molecular weight is 323 g/mol. The minimum atomic E-state index is 0.378. The highest BCUT2D eigenvalue weighted by Gasteiger charge is 2.10. The number of nitrogens with zero attached hydrogens (tertiary/aromatic N) is 2. The number of thiazole rings is 1. The van der Waals surface area contributed by atoms with Crippen molar-refractivity contribution in [3.05, 3.63) is 33.7 Å². The fourth-order valence-electron chi connectivity index (χ4n) is 1.52. The molecular weight excluding hydrogens is 312 g/mol. The van der Waals surface area contributed by atoms with Crippen LogP contribution >= 0.6 is 27.3 Å². The van der Waals surface area contributed by atoms with Crippen molar-refractivity contribution >= 4 is 27.3 Å². The highest BCUT2D eigenvalue weighted by Crippen LogP contribution is 2.32. The van der Waals surface area contributed by atoms with Gasteiger partial charge in [0.1, 0.15) is 15.4 Å². The Bertz CT molecular complexity index is 589. The highest BCUT2D eigenvalue weighted by molar-refractivity contribution is 9.10. The van der Waals surface area contributed by atoms with Gasteiger partial charge >= 0.3 is 0 Å². The van der Waals surface area contributed by atoms with Crippen molar-refractivity contribution in [2.45, 2.75) is 13.3 Å². The fourth-order valence-corrected chi connectivity index (χ4v) is 3.08. The monoisotopic (exact) mass is 322 g/mol. The van der Waals surface area contributed by atoms with E-state index in [0.29, 0.717) is 13.0 Å². The predicted molar refractivity (Wildman–Crippen MR) is 75.7 cm³/mol. The summed E-state index contributed by atoms with van der Waals surface area (Å²) in [5.74, 6) is 0.836. The van der Waals surface area contributed by atoms with Gasteiger partial charge < -0.3 is 4.74 Å². The molecule has 5 heteroatoms. The molecule has 0 unspecified atom stereocenters. The maximum absolute atomic E-state index is 8.73. The topological polar surface area (TPSA) is 45.9 Å². The first-order chi connectivity index (χ1) is 8.74. The molecule has 1 heterocycles. The molecule has 0 bridgehead atoms. The smallest absolute Gasteiger partial charge is 0.125 e. The van der Waals surface area contributed by atoms with Crippen molar-refractivity contribution in [3.63, 3.8) is 0 Å². The van der Waals surface area contributed by atoms with E-state index in [4.69, 9.17) is 10.00 Å². The molecule has 0 fully saturated rings. The normalized spacial score (nSPS) is 10.1. The van der Waals surface area contributed by atoms with Crippen molar-refractivity contribution in [2.24, 2.45) is 0 Å². The molecule has 0 saturated carbocycles. The third kappa shape index (κ3) is 2.89. The Morgan fingerprint density at radius 2 is 2.33 bits per heavy atom. The van der Waals surface area contributed by atoms with E-state index in [2.05, 4.69) is 27.0 Å². The van der Waals surface area contributed by atoms with Gasteiger partial charge in [-0.3, -0.25) is 0 Å². The van der Waals surface area contributed by atoms with Crippen LogP contribution in [-0.2, 0) is 6.42 Å². The number of ether oxygens (including phenoxy) is 1. The summed E-state index contributed by atoms with van der Waals surface area (Å²) in [6.07, 6.45) is 0.378. The zero-order chi connectivity index (χ0) is 13.0. The Morgan fingerprint density at radius 1 is 1.50 bits per heavy atom. The van der Waals surface area contributed by atoms with Crippen molar-refractivity contribution in [3.8, 4) is 22.4 Å². The van der Waals surface area contributed by atoms with E-state index < -0.39 is 0 Å². The lowest BCUT2D eigenvalue weighted by Crippen LogP contribution is -1.90. The molecular formula is C13H11BrN2OS. The van der Waals surface area contributed by atoms with Crippen molar-refractivity contribution in [1.29, 1.82) is 5.26 Å². The van der Waals surface area contributed by atoms with Crippen LogP contribution in [0, 0.1) is 11.3 Å². The molecule has 0 spiro atoms. The third-order valence-corrected chi connectivity index (χ3v) is 4.30. The highest BCUT2D eigenvalue weighted by atomic mass is 79.9. The largest absolute Gasteiger partial charge is 0.494 e. The van der Waals surface area contributed by atoms with Crippen LogP contribution < -0.4 is 4.74 Å². The average Bonchev–Trinajstić information content (AvgIpc) is 2.73. The van der Waals surface area contributed by atoms with Gasteiger partial charge in [-0.1, -0.05) is 12.1 Å². The zero-order valence-electron chi connectivity index (χ0n) is 9.81. The molecule has 0 N–H and O–H groups in total. The van der Waals surface area contributed by atoms with Crippen LogP contribution in [0.2, 0.25) is 0 Å². The number of aromatic nitrogens is 1. The van der Waals surface area contributed by atoms with E-state index in [1.165, 1.54) is 11.3 Å². The number of halogens is 1. The second-order valence-corrected chi connectivity index (χ2v) is 5.36. The lowest BCUT2D eigenvalue weighted by atomic mass is 10.2. The Morgan fingerprint density at radius 3 is 3.06 bits per heavy atom. The van der Waals surface area contributed by atoms with Crippen molar-refractivity contribution in [2.75, 3.05) is 6.61 Å². The van der Waals surface area contributed by atoms with Gasteiger partial charge in [-0.15, -0.1) is 11.3 Å². The summed E-state index contributed by atoms with van der Waals surface area (Å²) in [5.41, 5.74) is 1.01. The maximum atomic E-state index is 8.73. The molecule has 0 aliphatic heterocycles.